The molecule has 43 heavy (non-hydrogen) atoms. The van der Waals surface area contributed by atoms with E-state index in [1.165, 1.54) is 36.4 Å². The molecular formula is C32H29N3O8. The number of rotatable bonds is 8. The maximum absolute atomic E-state index is 13.7. The van der Waals surface area contributed by atoms with Crippen LogP contribution in [0.2, 0.25) is 0 Å². The van der Waals surface area contributed by atoms with E-state index < -0.39 is 52.8 Å². The highest BCUT2D eigenvalue weighted by atomic mass is 16.6. The monoisotopic (exact) mass is 583 g/mol. The molecule has 0 bridgehead atoms. The van der Waals surface area contributed by atoms with Crippen molar-refractivity contribution in [1.29, 1.82) is 0 Å². The Morgan fingerprint density at radius 2 is 1.44 bits per heavy atom. The highest BCUT2D eigenvalue weighted by Gasteiger charge is 2.52. The number of nitro groups is 1. The number of ether oxygens (including phenoxy) is 1. The first-order valence-corrected chi connectivity index (χ1v) is 13.9. The average Bonchev–Trinajstić information content (AvgIpc) is 3.24. The van der Waals surface area contributed by atoms with Crippen LogP contribution in [0.4, 0.5) is 5.69 Å². The number of aryl methyl sites for hydroxylation is 1. The molecule has 0 N–H and O–H groups in total. The van der Waals surface area contributed by atoms with Crippen LogP contribution in [0.15, 0.2) is 72.8 Å². The number of Topliss-reactive ketones (excluding diaryl/α,β-unsaturated/α-hetero) is 1. The minimum absolute atomic E-state index is 0.0272. The third-order valence-electron chi connectivity index (χ3n) is 7.93. The summed E-state index contributed by atoms with van der Waals surface area (Å²) in [5.74, 6) is -3.77. The zero-order valence-electron chi connectivity index (χ0n) is 23.6. The second-order valence-electron chi connectivity index (χ2n) is 11.0. The van der Waals surface area contributed by atoms with E-state index in [1.54, 1.807) is 24.3 Å². The van der Waals surface area contributed by atoms with Crippen LogP contribution >= 0.6 is 0 Å². The van der Waals surface area contributed by atoms with E-state index in [0.717, 1.165) is 34.1 Å². The Kier molecular flexibility index (Phi) is 8.16. The smallest absolute Gasteiger partial charge is 0.343 e. The maximum atomic E-state index is 13.7. The molecule has 3 atom stereocenters. The van der Waals surface area contributed by atoms with Gasteiger partial charge < -0.3 is 4.74 Å². The molecule has 3 aromatic carbocycles. The van der Waals surface area contributed by atoms with Gasteiger partial charge in [0.15, 0.2) is 5.78 Å². The fourth-order valence-electron chi connectivity index (χ4n) is 5.51. The third kappa shape index (κ3) is 6.06. The number of nitro benzene ring substituents is 1. The summed E-state index contributed by atoms with van der Waals surface area (Å²) in [5.41, 5.74) is 1.24. The molecule has 0 spiro atoms. The lowest BCUT2D eigenvalue weighted by atomic mass is 9.76. The highest BCUT2D eigenvalue weighted by molar-refractivity contribution is 6.09. The summed E-state index contributed by atoms with van der Waals surface area (Å²) >= 11 is 0. The van der Waals surface area contributed by atoms with Crippen molar-refractivity contribution in [3.63, 3.8) is 0 Å². The molecule has 0 unspecified atom stereocenters. The Labute approximate surface area is 247 Å². The van der Waals surface area contributed by atoms with Gasteiger partial charge in [-0.1, -0.05) is 24.6 Å². The average molecular weight is 584 g/mol. The molecule has 2 aliphatic rings. The molecule has 11 nitrogen and oxygen atoms in total. The molecule has 5 rings (SSSR count). The van der Waals surface area contributed by atoms with Crippen molar-refractivity contribution in [3.8, 4) is 5.75 Å². The molecule has 1 saturated carbocycles. The number of hydrazine groups is 1. The van der Waals surface area contributed by atoms with Gasteiger partial charge in [-0.25, -0.2) is 9.80 Å². The quantitative estimate of drug-likeness (QED) is 0.0920. The number of non-ortho nitro benzene ring substituents is 1. The second kappa shape index (κ2) is 12.0. The Morgan fingerprint density at radius 1 is 0.860 bits per heavy atom. The number of hydrogen-bond donors (Lipinski definition) is 0. The summed E-state index contributed by atoms with van der Waals surface area (Å²) < 4.78 is 5.39. The molecule has 220 valence electrons. The second-order valence-corrected chi connectivity index (χ2v) is 11.0. The van der Waals surface area contributed by atoms with Crippen LogP contribution in [0, 0.1) is 34.8 Å². The first-order valence-electron chi connectivity index (χ1n) is 13.9. The van der Waals surface area contributed by atoms with Gasteiger partial charge in [-0.15, -0.1) is 0 Å². The fraction of sp³-hybridized carbons (Fsp3) is 0.281. The first kappa shape index (κ1) is 29.3. The summed E-state index contributed by atoms with van der Waals surface area (Å²) in [7, 11) is 0. The molecule has 1 heterocycles. The van der Waals surface area contributed by atoms with Crippen molar-refractivity contribution in [2.75, 3.05) is 6.54 Å². The van der Waals surface area contributed by atoms with E-state index >= 15 is 0 Å². The van der Waals surface area contributed by atoms with Gasteiger partial charge in [-0.2, -0.15) is 5.01 Å². The van der Waals surface area contributed by atoms with Gasteiger partial charge in [0.1, 0.15) is 12.3 Å². The van der Waals surface area contributed by atoms with Gasteiger partial charge >= 0.3 is 5.97 Å². The fourth-order valence-corrected chi connectivity index (χ4v) is 5.51. The normalized spacial score (nSPS) is 19.5. The predicted octanol–water partition coefficient (Wildman–Crippen LogP) is 4.78. The van der Waals surface area contributed by atoms with E-state index in [1.807, 2.05) is 13.8 Å². The molecule has 1 saturated heterocycles. The van der Waals surface area contributed by atoms with E-state index in [4.69, 9.17) is 4.74 Å². The lowest BCUT2D eigenvalue weighted by Crippen LogP contribution is -2.52. The van der Waals surface area contributed by atoms with E-state index in [9.17, 15) is 34.1 Å². The predicted molar refractivity (Wildman–Crippen MR) is 153 cm³/mol. The number of fused-ring (bicyclic) bond motifs is 1. The Bertz CT molecular complexity index is 1600. The van der Waals surface area contributed by atoms with Crippen LogP contribution in [-0.2, 0) is 9.59 Å². The van der Waals surface area contributed by atoms with Crippen LogP contribution in [0.5, 0.6) is 5.75 Å². The van der Waals surface area contributed by atoms with Crippen molar-refractivity contribution < 1.29 is 33.6 Å². The molecule has 3 aromatic rings. The Morgan fingerprint density at radius 3 is 2.07 bits per heavy atom. The Balaban J connectivity index is 1.38. The minimum Gasteiger partial charge on any atom is -0.423 e. The lowest BCUT2D eigenvalue weighted by Gasteiger charge is -2.30. The molecule has 0 aromatic heterocycles. The number of carbonyl (C=O) groups is 5. The molecule has 3 amide bonds. The molecule has 1 aliphatic heterocycles. The number of amides is 3. The standard InChI is InChI=1S/C32H29N3O8/c1-19-3-6-23(7-4-19)32(40)43-25-14-10-21(11-15-25)28(36)18-33(29(37)22-8-12-24(13-9-22)35(41)42)34-30(38)26-16-5-20(2)17-27(26)31(34)39/h3-4,6-15,20,26-27H,5,16-18H2,1-2H3/t20-,26-,27+/m1/s1. The van der Waals surface area contributed by atoms with Crippen molar-refractivity contribution in [1.82, 2.24) is 10.0 Å². The highest BCUT2D eigenvalue weighted by Crippen LogP contribution is 2.41. The number of benzene rings is 3. The molecular weight excluding hydrogens is 554 g/mol. The van der Waals surface area contributed by atoms with Gasteiger partial charge in [0.25, 0.3) is 23.4 Å². The van der Waals surface area contributed by atoms with E-state index in [0.29, 0.717) is 18.4 Å². The number of hydrogen-bond acceptors (Lipinski definition) is 8. The summed E-state index contributed by atoms with van der Waals surface area (Å²) in [6, 6.07) is 17.3. The van der Waals surface area contributed by atoms with Crippen molar-refractivity contribution >= 4 is 35.2 Å². The van der Waals surface area contributed by atoms with E-state index in [-0.39, 0.29) is 28.5 Å². The summed E-state index contributed by atoms with van der Waals surface area (Å²) in [6.07, 6.45) is 1.77. The first-order chi connectivity index (χ1) is 20.5. The van der Waals surface area contributed by atoms with Crippen molar-refractivity contribution in [2.45, 2.75) is 33.1 Å². The lowest BCUT2D eigenvalue weighted by molar-refractivity contribution is -0.384. The maximum Gasteiger partial charge on any atom is 0.343 e. The summed E-state index contributed by atoms with van der Waals surface area (Å²) in [5, 5.41) is 12.7. The van der Waals surface area contributed by atoms with Crippen LogP contribution < -0.4 is 4.74 Å². The van der Waals surface area contributed by atoms with E-state index in [2.05, 4.69) is 0 Å². The number of carbonyl (C=O) groups excluding carboxylic acids is 5. The van der Waals surface area contributed by atoms with Gasteiger partial charge in [0.2, 0.25) is 0 Å². The molecule has 0 radical (unpaired) electrons. The molecule has 11 heteroatoms. The number of imide groups is 1. The van der Waals surface area contributed by atoms with Crippen molar-refractivity contribution in [2.24, 2.45) is 17.8 Å². The SMILES string of the molecule is Cc1ccc(C(=O)Oc2ccc(C(=O)CN(C(=O)c3ccc([N+](=O)[O-])cc3)N3C(=O)[C@H]4C[C@H](C)CC[C@H]4C3=O)cc2)cc1. The zero-order valence-corrected chi connectivity index (χ0v) is 23.6. The number of esters is 1. The summed E-state index contributed by atoms with van der Waals surface area (Å²) in [6.45, 7) is 3.26. The van der Waals surface area contributed by atoms with Gasteiger partial charge in [0.05, 0.1) is 22.3 Å². The van der Waals surface area contributed by atoms with Crippen LogP contribution in [-0.4, -0.2) is 51.0 Å². The minimum atomic E-state index is -0.819. The number of ketones is 1. The van der Waals surface area contributed by atoms with Crippen LogP contribution in [0.3, 0.4) is 0 Å². The topological polar surface area (TPSA) is 144 Å². The van der Waals surface area contributed by atoms with Crippen molar-refractivity contribution in [3.05, 3.63) is 105 Å². The Hall–Kier alpha value is -5.19. The molecule has 2 fully saturated rings. The molecule has 1 aliphatic carbocycles. The third-order valence-corrected chi connectivity index (χ3v) is 7.93. The van der Waals surface area contributed by atoms with Gasteiger partial charge in [-0.3, -0.25) is 29.3 Å². The summed E-state index contributed by atoms with van der Waals surface area (Å²) in [4.78, 5) is 76.9. The van der Waals surface area contributed by atoms with Gasteiger partial charge in [-0.05, 0) is 80.6 Å². The van der Waals surface area contributed by atoms with Gasteiger partial charge in [0, 0.05) is 23.3 Å². The van der Waals surface area contributed by atoms with Crippen LogP contribution in [0.25, 0.3) is 0 Å². The van der Waals surface area contributed by atoms with Crippen LogP contribution in [0.1, 0.15) is 62.8 Å². The largest absolute Gasteiger partial charge is 0.423 e. The zero-order chi connectivity index (χ0) is 30.8. The number of nitrogens with zero attached hydrogens (tertiary/aromatic N) is 3.